The fraction of sp³-hybridized carbons (Fsp3) is 0.533. The highest BCUT2D eigenvalue weighted by Gasteiger charge is 2.57. The van der Waals surface area contributed by atoms with Gasteiger partial charge >= 0.3 is 0 Å². The fourth-order valence-electron chi connectivity index (χ4n) is 3.41. The molecule has 0 heterocycles. The van der Waals surface area contributed by atoms with Crippen LogP contribution in [0.25, 0.3) is 0 Å². The topological polar surface area (TPSA) is 73.2 Å². The van der Waals surface area contributed by atoms with E-state index in [1.807, 2.05) is 24.3 Å². The Kier molecular flexibility index (Phi) is 4.17. The lowest BCUT2D eigenvalue weighted by Crippen LogP contribution is -2.43. The molecule has 1 aromatic rings. The first-order valence-electron chi connectivity index (χ1n) is 7.40. The number of rotatable bonds is 6. The van der Waals surface area contributed by atoms with Crippen LogP contribution in [0, 0.1) is 17.2 Å². The zero-order valence-corrected chi connectivity index (χ0v) is 13.9. The summed E-state index contributed by atoms with van der Waals surface area (Å²) in [5.74, 6) is 0.592. The van der Waals surface area contributed by atoms with E-state index in [9.17, 15) is 8.42 Å². The van der Waals surface area contributed by atoms with Crippen LogP contribution >= 0.6 is 11.6 Å². The summed E-state index contributed by atoms with van der Waals surface area (Å²) in [6.45, 7) is 2.38. The largest absolute Gasteiger partial charge is 0.279 e. The van der Waals surface area contributed by atoms with Gasteiger partial charge in [-0.25, -0.2) is 0 Å². The highest BCUT2D eigenvalue weighted by atomic mass is 35.5. The summed E-state index contributed by atoms with van der Waals surface area (Å²) >= 11 is 5.99. The van der Waals surface area contributed by atoms with Crippen LogP contribution in [-0.4, -0.2) is 31.9 Å². The first kappa shape index (κ1) is 15.8. The molecule has 0 radical (unpaired) electrons. The molecule has 0 bridgehead atoms. The van der Waals surface area contributed by atoms with Crippen LogP contribution < -0.4 is 4.72 Å². The molecule has 3 atom stereocenters. The van der Waals surface area contributed by atoms with Gasteiger partial charge in [-0.3, -0.25) is 0 Å². The third-order valence-electron chi connectivity index (χ3n) is 4.54. The van der Waals surface area contributed by atoms with Crippen molar-refractivity contribution in [1.29, 1.82) is 5.26 Å². The zero-order valence-electron chi connectivity index (χ0n) is 12.3. The third-order valence-corrected chi connectivity index (χ3v) is 6.46. The van der Waals surface area contributed by atoms with Gasteiger partial charge in [0.05, 0.1) is 6.07 Å². The van der Waals surface area contributed by atoms with Gasteiger partial charge in [0.15, 0.2) is 0 Å². The quantitative estimate of drug-likeness (QED) is 0.862. The van der Waals surface area contributed by atoms with E-state index in [1.54, 1.807) is 6.92 Å². The molecule has 118 valence electrons. The van der Waals surface area contributed by atoms with Gasteiger partial charge in [0, 0.05) is 36.5 Å². The molecule has 1 saturated carbocycles. The van der Waals surface area contributed by atoms with Gasteiger partial charge in [0.1, 0.15) is 0 Å². The zero-order chi connectivity index (χ0) is 15.9. The molecule has 3 rings (SSSR count). The lowest BCUT2D eigenvalue weighted by molar-refractivity contribution is 0.423. The van der Waals surface area contributed by atoms with Crippen molar-refractivity contribution in [2.75, 3.05) is 13.1 Å². The summed E-state index contributed by atoms with van der Waals surface area (Å²) in [6.07, 6.45) is 1.08. The maximum absolute atomic E-state index is 12.4. The SMILES string of the molecule is CCN(CCC#N)S(=O)(=O)NC1C2Cc3cc(Cl)ccc3C21. The van der Waals surface area contributed by atoms with Crippen molar-refractivity contribution in [1.82, 2.24) is 9.03 Å². The Morgan fingerprint density at radius 3 is 2.95 bits per heavy atom. The van der Waals surface area contributed by atoms with Crippen molar-refractivity contribution in [3.05, 3.63) is 34.3 Å². The predicted molar refractivity (Wildman–Crippen MR) is 84.7 cm³/mol. The van der Waals surface area contributed by atoms with E-state index in [2.05, 4.69) is 4.72 Å². The van der Waals surface area contributed by atoms with E-state index in [4.69, 9.17) is 16.9 Å². The molecule has 1 N–H and O–H groups in total. The van der Waals surface area contributed by atoms with E-state index < -0.39 is 10.2 Å². The third kappa shape index (κ3) is 2.74. The van der Waals surface area contributed by atoms with Gasteiger partial charge in [0.25, 0.3) is 10.2 Å². The molecule has 0 spiro atoms. The lowest BCUT2D eigenvalue weighted by Gasteiger charge is -2.20. The van der Waals surface area contributed by atoms with Gasteiger partial charge in [-0.2, -0.15) is 22.7 Å². The molecule has 2 aliphatic rings. The van der Waals surface area contributed by atoms with Crippen molar-refractivity contribution in [3.8, 4) is 6.07 Å². The predicted octanol–water partition coefficient (Wildman–Crippen LogP) is 2.05. The first-order chi connectivity index (χ1) is 10.5. The second-order valence-electron chi connectivity index (χ2n) is 5.79. The summed E-state index contributed by atoms with van der Waals surface area (Å²) in [7, 11) is -3.53. The Labute approximate surface area is 136 Å². The highest BCUT2D eigenvalue weighted by Crippen LogP contribution is 2.56. The van der Waals surface area contributed by atoms with Crippen LogP contribution in [0.5, 0.6) is 0 Å². The molecular formula is C15H18ClN3O2S. The average molecular weight is 340 g/mol. The smallest absolute Gasteiger partial charge is 0.198 e. The van der Waals surface area contributed by atoms with Crippen molar-refractivity contribution in [3.63, 3.8) is 0 Å². The molecular weight excluding hydrogens is 322 g/mol. The van der Waals surface area contributed by atoms with Crippen LogP contribution in [0.15, 0.2) is 18.2 Å². The van der Waals surface area contributed by atoms with Gasteiger partial charge in [-0.15, -0.1) is 0 Å². The number of fused-ring (bicyclic) bond motifs is 3. The first-order valence-corrected chi connectivity index (χ1v) is 9.22. The van der Waals surface area contributed by atoms with Crippen molar-refractivity contribution >= 4 is 21.8 Å². The molecule has 7 heteroatoms. The number of nitrogens with zero attached hydrogens (tertiary/aromatic N) is 2. The molecule has 5 nitrogen and oxygen atoms in total. The molecule has 0 aromatic heterocycles. The van der Waals surface area contributed by atoms with Crippen LogP contribution in [0.3, 0.4) is 0 Å². The van der Waals surface area contributed by atoms with E-state index in [0.717, 1.165) is 11.4 Å². The highest BCUT2D eigenvalue weighted by molar-refractivity contribution is 7.87. The average Bonchev–Trinajstić information content (AvgIpc) is 2.96. The Hall–Kier alpha value is -1.13. The summed E-state index contributed by atoms with van der Waals surface area (Å²) in [4.78, 5) is 0. The number of halogens is 1. The molecule has 22 heavy (non-hydrogen) atoms. The molecule has 1 aromatic carbocycles. The Balaban J connectivity index is 1.69. The van der Waals surface area contributed by atoms with Gasteiger partial charge in [0.2, 0.25) is 0 Å². The van der Waals surface area contributed by atoms with Gasteiger partial charge < -0.3 is 0 Å². The minimum Gasteiger partial charge on any atom is -0.198 e. The Morgan fingerprint density at radius 2 is 2.27 bits per heavy atom. The van der Waals surface area contributed by atoms with E-state index in [0.29, 0.717) is 12.5 Å². The standard InChI is InChI=1S/C15H18ClN3O2S/c1-2-19(7-3-6-17)22(20,21)18-15-13-9-10-8-11(16)4-5-12(10)14(13)15/h4-5,8,13-15,18H,2-3,7,9H2,1H3. The number of nitrogens with one attached hydrogen (secondary N) is 1. The molecule has 0 aliphatic heterocycles. The number of hydrogen-bond donors (Lipinski definition) is 1. The van der Waals surface area contributed by atoms with Gasteiger partial charge in [-0.1, -0.05) is 24.6 Å². The molecule has 0 saturated heterocycles. The second-order valence-corrected chi connectivity index (χ2v) is 7.92. The maximum Gasteiger partial charge on any atom is 0.279 e. The summed E-state index contributed by atoms with van der Waals surface area (Å²) in [5.41, 5.74) is 2.44. The van der Waals surface area contributed by atoms with Crippen LogP contribution in [-0.2, 0) is 16.6 Å². The minimum atomic E-state index is -3.53. The fourth-order valence-corrected chi connectivity index (χ4v) is 5.09. The Bertz CT molecular complexity index is 729. The summed E-state index contributed by atoms with van der Waals surface area (Å²) in [5, 5.41) is 9.36. The maximum atomic E-state index is 12.4. The molecule has 3 unspecified atom stereocenters. The normalized spacial score (nSPS) is 25.6. The Morgan fingerprint density at radius 1 is 1.50 bits per heavy atom. The monoisotopic (exact) mass is 339 g/mol. The van der Waals surface area contributed by atoms with Crippen LogP contribution in [0.2, 0.25) is 5.02 Å². The van der Waals surface area contributed by atoms with Crippen LogP contribution in [0.4, 0.5) is 0 Å². The second kappa shape index (κ2) is 5.82. The summed E-state index contributed by atoms with van der Waals surface area (Å²) < 4.78 is 28.9. The molecule has 0 amide bonds. The van der Waals surface area contributed by atoms with Gasteiger partial charge in [-0.05, 0) is 35.6 Å². The van der Waals surface area contributed by atoms with Crippen molar-refractivity contribution in [2.24, 2.45) is 5.92 Å². The number of benzene rings is 1. The number of hydrogen-bond acceptors (Lipinski definition) is 3. The van der Waals surface area contributed by atoms with Crippen molar-refractivity contribution < 1.29 is 8.42 Å². The molecule has 2 aliphatic carbocycles. The van der Waals surface area contributed by atoms with Crippen molar-refractivity contribution in [2.45, 2.75) is 31.7 Å². The molecule has 1 fully saturated rings. The van der Waals surface area contributed by atoms with E-state index >= 15 is 0 Å². The summed E-state index contributed by atoms with van der Waals surface area (Å²) in [6, 6.07) is 7.79. The minimum absolute atomic E-state index is 0.0326. The van der Waals surface area contributed by atoms with E-state index in [-0.39, 0.29) is 24.9 Å². The van der Waals surface area contributed by atoms with E-state index in [1.165, 1.54) is 15.4 Å². The van der Waals surface area contributed by atoms with Crippen LogP contribution in [0.1, 0.15) is 30.4 Å². The lowest BCUT2D eigenvalue weighted by atomic mass is 10.1. The number of nitriles is 1.